The minimum atomic E-state index is -0.268. The lowest BCUT2D eigenvalue weighted by atomic mass is 10.3. The molecule has 1 saturated heterocycles. The number of aromatic amines is 1. The number of nitrogens with one attached hydrogen (secondary N) is 1. The maximum Gasteiger partial charge on any atom is 0.165 e. The van der Waals surface area contributed by atoms with Crippen molar-refractivity contribution in [2.24, 2.45) is 0 Å². The normalized spacial score (nSPS) is 15.9. The van der Waals surface area contributed by atoms with Crippen molar-refractivity contribution in [3.05, 3.63) is 42.7 Å². The molecule has 6 nitrogen and oxygen atoms in total. The molecule has 3 aromatic heterocycles. The van der Waals surface area contributed by atoms with Crippen molar-refractivity contribution in [2.45, 2.75) is 6.42 Å². The van der Waals surface area contributed by atoms with Crippen LogP contribution in [0, 0.1) is 5.82 Å². The monoisotopic (exact) mass is 312 g/mol. The molecule has 0 spiro atoms. The summed E-state index contributed by atoms with van der Waals surface area (Å²) in [5, 5.41) is 1.02. The van der Waals surface area contributed by atoms with E-state index in [1.807, 2.05) is 17.2 Å². The van der Waals surface area contributed by atoms with E-state index < -0.39 is 0 Å². The topological polar surface area (TPSA) is 60.9 Å². The molecule has 0 bridgehead atoms. The van der Waals surface area contributed by atoms with Crippen LogP contribution in [-0.4, -0.2) is 46.1 Å². The quantitative estimate of drug-likeness (QED) is 0.786. The lowest BCUT2D eigenvalue weighted by molar-refractivity contribution is 0.610. The molecule has 1 aliphatic rings. The van der Waals surface area contributed by atoms with Gasteiger partial charge in [-0.15, -0.1) is 0 Å². The zero-order chi connectivity index (χ0) is 15.6. The third-order valence-electron chi connectivity index (χ3n) is 4.17. The van der Waals surface area contributed by atoms with Crippen molar-refractivity contribution in [2.75, 3.05) is 36.0 Å². The molecular weight excluding hydrogens is 295 g/mol. The molecule has 0 aliphatic carbocycles. The molecule has 0 amide bonds. The summed E-state index contributed by atoms with van der Waals surface area (Å²) in [5.74, 6) is 1.10. The van der Waals surface area contributed by atoms with Crippen LogP contribution in [-0.2, 0) is 0 Å². The van der Waals surface area contributed by atoms with Gasteiger partial charge in [-0.3, -0.25) is 0 Å². The van der Waals surface area contributed by atoms with Gasteiger partial charge < -0.3 is 14.8 Å². The van der Waals surface area contributed by atoms with Crippen molar-refractivity contribution in [1.82, 2.24) is 19.9 Å². The first kappa shape index (κ1) is 13.9. The van der Waals surface area contributed by atoms with E-state index >= 15 is 0 Å². The Hall–Kier alpha value is -2.70. The summed E-state index contributed by atoms with van der Waals surface area (Å²) in [6.07, 6.45) is 6.01. The molecule has 0 aromatic carbocycles. The van der Waals surface area contributed by atoms with E-state index in [0.29, 0.717) is 12.4 Å². The largest absolute Gasteiger partial charge is 0.354 e. The minimum Gasteiger partial charge on any atom is -0.354 e. The van der Waals surface area contributed by atoms with E-state index in [1.54, 1.807) is 18.6 Å². The van der Waals surface area contributed by atoms with E-state index in [0.717, 1.165) is 42.9 Å². The highest BCUT2D eigenvalue weighted by atomic mass is 19.1. The van der Waals surface area contributed by atoms with Crippen LogP contribution >= 0.6 is 0 Å². The Balaban J connectivity index is 1.58. The van der Waals surface area contributed by atoms with Crippen LogP contribution in [0.15, 0.2) is 36.9 Å². The molecule has 4 rings (SSSR count). The van der Waals surface area contributed by atoms with Gasteiger partial charge in [-0.05, 0) is 24.6 Å². The number of fused-ring (bicyclic) bond motifs is 1. The molecular formula is C16H17FN6. The van der Waals surface area contributed by atoms with Gasteiger partial charge in [0.25, 0.3) is 0 Å². The lowest BCUT2D eigenvalue weighted by Crippen LogP contribution is -2.32. The van der Waals surface area contributed by atoms with Gasteiger partial charge in [0, 0.05) is 38.6 Å². The zero-order valence-corrected chi connectivity index (χ0v) is 12.6. The third kappa shape index (κ3) is 2.58. The first-order chi connectivity index (χ1) is 11.3. The Bertz CT molecular complexity index is 817. The van der Waals surface area contributed by atoms with E-state index in [2.05, 4.69) is 24.8 Å². The number of hydrogen-bond acceptors (Lipinski definition) is 5. The van der Waals surface area contributed by atoms with Gasteiger partial charge in [0.1, 0.15) is 17.8 Å². The van der Waals surface area contributed by atoms with Crippen molar-refractivity contribution >= 4 is 22.7 Å². The molecule has 1 aliphatic heterocycles. The molecule has 3 aromatic rings. The highest BCUT2D eigenvalue weighted by Crippen LogP contribution is 2.24. The number of rotatable bonds is 2. The molecule has 0 radical (unpaired) electrons. The average Bonchev–Trinajstić information content (AvgIpc) is 2.93. The molecule has 23 heavy (non-hydrogen) atoms. The SMILES string of the molecule is Fc1cccnc1N1CCCN(c2ncnc3[nH]ccc23)CC1. The Kier molecular flexibility index (Phi) is 3.53. The number of pyridine rings is 1. The fraction of sp³-hybridized carbons (Fsp3) is 0.312. The van der Waals surface area contributed by atoms with Crippen LogP contribution in [0.1, 0.15) is 6.42 Å². The van der Waals surface area contributed by atoms with E-state index in [9.17, 15) is 4.39 Å². The van der Waals surface area contributed by atoms with E-state index in [-0.39, 0.29) is 5.82 Å². The lowest BCUT2D eigenvalue weighted by Gasteiger charge is -2.23. The second kappa shape index (κ2) is 5.83. The smallest absolute Gasteiger partial charge is 0.165 e. The van der Waals surface area contributed by atoms with Crippen LogP contribution in [0.5, 0.6) is 0 Å². The molecule has 0 saturated carbocycles. The highest BCUT2D eigenvalue weighted by Gasteiger charge is 2.20. The molecule has 1 N–H and O–H groups in total. The maximum absolute atomic E-state index is 14.0. The average molecular weight is 312 g/mol. The van der Waals surface area contributed by atoms with Gasteiger partial charge in [-0.2, -0.15) is 0 Å². The Labute approximate surface area is 133 Å². The zero-order valence-electron chi connectivity index (χ0n) is 12.6. The molecule has 4 heterocycles. The van der Waals surface area contributed by atoms with Crippen molar-refractivity contribution in [1.29, 1.82) is 0 Å². The summed E-state index contributed by atoms with van der Waals surface area (Å²) in [6.45, 7) is 3.14. The Morgan fingerprint density at radius 3 is 2.61 bits per heavy atom. The summed E-state index contributed by atoms with van der Waals surface area (Å²) in [5.41, 5.74) is 0.840. The van der Waals surface area contributed by atoms with Crippen molar-refractivity contribution in [3.63, 3.8) is 0 Å². The first-order valence-electron chi connectivity index (χ1n) is 7.71. The Morgan fingerprint density at radius 2 is 1.78 bits per heavy atom. The van der Waals surface area contributed by atoms with Gasteiger partial charge in [0.05, 0.1) is 5.39 Å². The van der Waals surface area contributed by atoms with Crippen LogP contribution in [0.2, 0.25) is 0 Å². The maximum atomic E-state index is 14.0. The number of H-pyrrole nitrogens is 1. The fourth-order valence-corrected chi connectivity index (χ4v) is 3.06. The second-order valence-corrected chi connectivity index (χ2v) is 5.57. The predicted molar refractivity (Wildman–Crippen MR) is 87.1 cm³/mol. The van der Waals surface area contributed by atoms with E-state index in [4.69, 9.17) is 0 Å². The van der Waals surface area contributed by atoms with Gasteiger partial charge in [0.2, 0.25) is 0 Å². The number of anilines is 2. The summed E-state index contributed by atoms with van der Waals surface area (Å²) in [6, 6.07) is 5.07. The van der Waals surface area contributed by atoms with Gasteiger partial charge in [-0.1, -0.05) is 0 Å². The molecule has 118 valence electrons. The summed E-state index contributed by atoms with van der Waals surface area (Å²) in [7, 11) is 0. The van der Waals surface area contributed by atoms with Crippen LogP contribution < -0.4 is 9.80 Å². The van der Waals surface area contributed by atoms with Crippen molar-refractivity contribution in [3.8, 4) is 0 Å². The van der Waals surface area contributed by atoms with Gasteiger partial charge in [0.15, 0.2) is 11.6 Å². The van der Waals surface area contributed by atoms with Crippen LogP contribution in [0.4, 0.5) is 16.0 Å². The van der Waals surface area contributed by atoms with Crippen LogP contribution in [0.25, 0.3) is 11.0 Å². The van der Waals surface area contributed by atoms with Gasteiger partial charge >= 0.3 is 0 Å². The summed E-state index contributed by atoms with van der Waals surface area (Å²) in [4.78, 5) is 20.2. The number of halogens is 1. The highest BCUT2D eigenvalue weighted by molar-refractivity contribution is 5.87. The molecule has 7 heteroatoms. The van der Waals surface area contributed by atoms with Gasteiger partial charge in [-0.25, -0.2) is 19.3 Å². The fourth-order valence-electron chi connectivity index (χ4n) is 3.06. The molecule has 0 unspecified atom stereocenters. The van der Waals surface area contributed by atoms with Crippen LogP contribution in [0.3, 0.4) is 0 Å². The Morgan fingerprint density at radius 1 is 0.957 bits per heavy atom. The standard InChI is InChI=1S/C16H17FN6/c17-13-3-1-5-19-16(13)23-8-2-7-22(9-10-23)15-12-4-6-18-14(12)20-11-21-15/h1,3-6,11H,2,7-10H2,(H,18,20,21). The number of aromatic nitrogens is 4. The first-order valence-corrected chi connectivity index (χ1v) is 7.71. The predicted octanol–water partition coefficient (Wildman–Crippen LogP) is 2.21. The second-order valence-electron chi connectivity index (χ2n) is 5.57. The third-order valence-corrected chi connectivity index (χ3v) is 4.17. The molecule has 0 atom stereocenters. The summed E-state index contributed by atoms with van der Waals surface area (Å²) < 4.78 is 14.0. The number of nitrogens with zero attached hydrogens (tertiary/aromatic N) is 5. The van der Waals surface area contributed by atoms with Crippen molar-refractivity contribution < 1.29 is 4.39 Å². The molecule has 1 fully saturated rings. The summed E-state index contributed by atoms with van der Waals surface area (Å²) >= 11 is 0. The number of hydrogen-bond donors (Lipinski definition) is 1. The minimum absolute atomic E-state index is 0.268. The van der Waals surface area contributed by atoms with E-state index in [1.165, 1.54) is 6.07 Å².